The van der Waals surface area contributed by atoms with Gasteiger partial charge in [0, 0.05) is 6.54 Å². The number of nitrogens with one attached hydrogen (secondary N) is 1. The van der Waals surface area contributed by atoms with Crippen molar-refractivity contribution in [2.45, 2.75) is 13.3 Å². The summed E-state index contributed by atoms with van der Waals surface area (Å²) < 4.78 is 0. The van der Waals surface area contributed by atoms with Gasteiger partial charge in [-0.15, -0.1) is 0 Å². The molecule has 1 unspecified atom stereocenters. The maximum atomic E-state index is 10.8. The fourth-order valence-corrected chi connectivity index (χ4v) is 1.45. The topological polar surface area (TPSA) is 52.9 Å². The van der Waals surface area contributed by atoms with Crippen LogP contribution in [0.1, 0.15) is 13.3 Å². The molecule has 12 heavy (non-hydrogen) atoms. The zero-order valence-corrected chi connectivity index (χ0v) is 8.28. The highest BCUT2D eigenvalue weighted by Crippen LogP contribution is 2.02. The molecule has 4 heteroatoms. The van der Waals surface area contributed by atoms with E-state index in [2.05, 4.69) is 12.2 Å². The fourth-order valence-electron chi connectivity index (χ4n) is 0.766. The van der Waals surface area contributed by atoms with E-state index in [4.69, 9.17) is 5.26 Å². The Hall–Kier alpha value is -0.690. The minimum Gasteiger partial charge on any atom is -0.355 e. The molecule has 0 bridgehead atoms. The van der Waals surface area contributed by atoms with Gasteiger partial charge in [0.2, 0.25) is 5.91 Å². The number of thioether (sulfide) groups is 1. The Morgan fingerprint density at radius 3 is 2.92 bits per heavy atom. The zero-order chi connectivity index (χ0) is 9.40. The van der Waals surface area contributed by atoms with E-state index < -0.39 is 0 Å². The number of carbonyl (C=O) groups excluding carboxylic acids is 1. The lowest BCUT2D eigenvalue weighted by Gasteiger charge is -2.09. The molecule has 0 aromatic heterocycles. The van der Waals surface area contributed by atoms with Crippen LogP contribution in [0.15, 0.2) is 0 Å². The summed E-state index contributed by atoms with van der Waals surface area (Å²) >= 11 is 1.76. The molecule has 1 N–H and O–H groups in total. The summed E-state index contributed by atoms with van der Waals surface area (Å²) in [5, 5.41) is 10.9. The summed E-state index contributed by atoms with van der Waals surface area (Å²) in [7, 11) is 0. The molecule has 0 fully saturated rings. The van der Waals surface area contributed by atoms with Crippen LogP contribution in [0.25, 0.3) is 0 Å². The Bertz CT molecular complexity index is 176. The van der Waals surface area contributed by atoms with E-state index in [-0.39, 0.29) is 12.3 Å². The average Bonchev–Trinajstić information content (AvgIpc) is 2.02. The molecule has 0 radical (unpaired) electrons. The molecule has 0 saturated carbocycles. The number of hydrogen-bond acceptors (Lipinski definition) is 3. The van der Waals surface area contributed by atoms with E-state index in [0.717, 1.165) is 5.75 Å². The first kappa shape index (κ1) is 11.3. The number of hydrogen-bond donors (Lipinski definition) is 1. The van der Waals surface area contributed by atoms with E-state index in [1.165, 1.54) is 0 Å². The van der Waals surface area contributed by atoms with Crippen molar-refractivity contribution >= 4 is 17.7 Å². The van der Waals surface area contributed by atoms with Crippen molar-refractivity contribution in [3.05, 3.63) is 0 Å². The molecule has 0 aromatic rings. The molecule has 3 nitrogen and oxygen atoms in total. The molecule has 0 aliphatic rings. The monoisotopic (exact) mass is 186 g/mol. The second kappa shape index (κ2) is 6.99. The standard InChI is InChI=1S/C8H14N2OS/c1-7(6-12-2)5-10-8(11)3-4-9/h7H,3,5-6H2,1-2H3,(H,10,11). The van der Waals surface area contributed by atoms with Crippen molar-refractivity contribution < 1.29 is 4.79 Å². The highest BCUT2D eigenvalue weighted by atomic mass is 32.2. The van der Waals surface area contributed by atoms with Crippen LogP contribution in [0, 0.1) is 17.2 Å². The molecule has 0 rings (SSSR count). The van der Waals surface area contributed by atoms with Crippen LogP contribution >= 0.6 is 11.8 Å². The summed E-state index contributed by atoms with van der Waals surface area (Å²) in [5.74, 6) is 1.33. The zero-order valence-electron chi connectivity index (χ0n) is 7.46. The van der Waals surface area contributed by atoms with Crippen LogP contribution in [-0.4, -0.2) is 24.5 Å². The smallest absolute Gasteiger partial charge is 0.234 e. The molecule has 1 atom stereocenters. The van der Waals surface area contributed by atoms with Gasteiger partial charge in [-0.25, -0.2) is 0 Å². The molecule has 0 aromatic carbocycles. The van der Waals surface area contributed by atoms with Gasteiger partial charge in [0.05, 0.1) is 6.07 Å². The summed E-state index contributed by atoms with van der Waals surface area (Å²) in [5.41, 5.74) is 0. The first-order valence-corrected chi connectivity index (χ1v) is 5.22. The summed E-state index contributed by atoms with van der Waals surface area (Å²) in [6.45, 7) is 2.74. The normalized spacial score (nSPS) is 11.8. The van der Waals surface area contributed by atoms with Crippen molar-refractivity contribution in [2.75, 3.05) is 18.6 Å². The molecule has 0 aliphatic heterocycles. The third-order valence-electron chi connectivity index (χ3n) is 1.34. The molecule has 1 amide bonds. The molecule has 0 heterocycles. The largest absolute Gasteiger partial charge is 0.355 e. The van der Waals surface area contributed by atoms with Gasteiger partial charge < -0.3 is 5.32 Å². The maximum absolute atomic E-state index is 10.8. The molecule has 0 saturated heterocycles. The van der Waals surface area contributed by atoms with E-state index in [9.17, 15) is 4.79 Å². The predicted octanol–water partition coefficient (Wildman–Crippen LogP) is 1.02. The van der Waals surface area contributed by atoms with Crippen molar-refractivity contribution in [3.63, 3.8) is 0 Å². The Balaban J connectivity index is 3.41. The number of carbonyl (C=O) groups is 1. The number of nitrogens with zero attached hydrogens (tertiary/aromatic N) is 1. The summed E-state index contributed by atoms with van der Waals surface area (Å²) in [4.78, 5) is 10.8. The maximum Gasteiger partial charge on any atom is 0.234 e. The summed E-state index contributed by atoms with van der Waals surface area (Å²) in [6, 6.07) is 1.81. The molecular formula is C8H14N2OS. The number of nitriles is 1. The SMILES string of the molecule is CSCC(C)CNC(=O)CC#N. The van der Waals surface area contributed by atoms with Crippen LogP contribution in [0.5, 0.6) is 0 Å². The van der Waals surface area contributed by atoms with Crippen molar-refractivity contribution in [1.29, 1.82) is 5.26 Å². The Kier molecular flexibility index (Phi) is 6.58. The van der Waals surface area contributed by atoms with Gasteiger partial charge in [0.1, 0.15) is 6.42 Å². The average molecular weight is 186 g/mol. The lowest BCUT2D eigenvalue weighted by Crippen LogP contribution is -2.28. The third kappa shape index (κ3) is 6.05. The van der Waals surface area contributed by atoms with Gasteiger partial charge in [-0.05, 0) is 17.9 Å². The van der Waals surface area contributed by atoms with Crippen LogP contribution in [-0.2, 0) is 4.79 Å². The van der Waals surface area contributed by atoms with Crippen LogP contribution in [0.4, 0.5) is 0 Å². The number of amides is 1. The number of rotatable bonds is 5. The van der Waals surface area contributed by atoms with E-state index >= 15 is 0 Å². The van der Waals surface area contributed by atoms with Gasteiger partial charge in [-0.2, -0.15) is 17.0 Å². The Morgan fingerprint density at radius 2 is 2.42 bits per heavy atom. The van der Waals surface area contributed by atoms with Crippen LogP contribution in [0.3, 0.4) is 0 Å². The van der Waals surface area contributed by atoms with Crippen LogP contribution in [0.2, 0.25) is 0 Å². The minimum atomic E-state index is -0.176. The molecule has 0 spiro atoms. The van der Waals surface area contributed by atoms with Gasteiger partial charge in [-0.3, -0.25) is 4.79 Å². The second-order valence-electron chi connectivity index (χ2n) is 2.70. The van der Waals surface area contributed by atoms with Crippen molar-refractivity contribution in [3.8, 4) is 6.07 Å². The van der Waals surface area contributed by atoms with E-state index in [1.54, 1.807) is 17.8 Å². The van der Waals surface area contributed by atoms with Gasteiger partial charge in [-0.1, -0.05) is 6.92 Å². The molecule has 0 aliphatic carbocycles. The first-order valence-electron chi connectivity index (χ1n) is 3.83. The fraction of sp³-hybridized carbons (Fsp3) is 0.750. The van der Waals surface area contributed by atoms with E-state index in [1.807, 2.05) is 6.26 Å². The van der Waals surface area contributed by atoms with Gasteiger partial charge >= 0.3 is 0 Å². The summed E-state index contributed by atoms with van der Waals surface area (Å²) in [6.07, 6.45) is 2.00. The van der Waals surface area contributed by atoms with Crippen molar-refractivity contribution in [2.24, 2.45) is 5.92 Å². The van der Waals surface area contributed by atoms with Gasteiger partial charge in [0.25, 0.3) is 0 Å². The van der Waals surface area contributed by atoms with Crippen molar-refractivity contribution in [1.82, 2.24) is 5.32 Å². The highest BCUT2D eigenvalue weighted by Gasteiger charge is 2.03. The van der Waals surface area contributed by atoms with Crippen LogP contribution < -0.4 is 5.32 Å². The lowest BCUT2D eigenvalue weighted by atomic mass is 10.2. The second-order valence-corrected chi connectivity index (χ2v) is 3.61. The lowest BCUT2D eigenvalue weighted by molar-refractivity contribution is -0.120. The first-order chi connectivity index (χ1) is 5.70. The predicted molar refractivity (Wildman–Crippen MR) is 50.8 cm³/mol. The molecule has 68 valence electrons. The third-order valence-corrected chi connectivity index (χ3v) is 2.24. The highest BCUT2D eigenvalue weighted by molar-refractivity contribution is 7.98. The minimum absolute atomic E-state index is 0.0357. The Labute approximate surface area is 77.5 Å². The quantitative estimate of drug-likeness (QED) is 0.697. The van der Waals surface area contributed by atoms with Gasteiger partial charge in [0.15, 0.2) is 0 Å². The van der Waals surface area contributed by atoms with E-state index in [0.29, 0.717) is 12.5 Å². The molecular weight excluding hydrogens is 172 g/mol. The Morgan fingerprint density at radius 1 is 1.75 bits per heavy atom.